The molecule has 0 aliphatic carbocycles. The molecule has 1 N–H and O–H groups in total. The summed E-state index contributed by atoms with van der Waals surface area (Å²) < 4.78 is 12.2. The fourth-order valence-electron chi connectivity index (χ4n) is 5.52. The quantitative estimate of drug-likeness (QED) is 0.492. The first kappa shape index (κ1) is 25.6. The zero-order valence-electron chi connectivity index (χ0n) is 21.9. The number of likely N-dealkylation sites (tertiary alicyclic amines) is 2. The number of ether oxygens (including phenoxy) is 2. The zero-order chi connectivity index (χ0) is 26.6. The third kappa shape index (κ3) is 5.05. The lowest BCUT2D eigenvalue weighted by molar-refractivity contribution is -0.143. The third-order valence-electron chi connectivity index (χ3n) is 7.55. The van der Waals surface area contributed by atoms with Gasteiger partial charge in [0.1, 0.15) is 17.5 Å². The molecule has 1 atom stereocenters. The first-order valence-electron chi connectivity index (χ1n) is 13.2. The highest BCUT2D eigenvalue weighted by Crippen LogP contribution is 2.32. The first-order valence-corrected chi connectivity index (χ1v) is 13.2. The molecule has 2 saturated heterocycles. The van der Waals surface area contributed by atoms with Gasteiger partial charge in [-0.2, -0.15) is 0 Å². The summed E-state index contributed by atoms with van der Waals surface area (Å²) >= 11 is 0. The smallest absolute Gasteiger partial charge is 0.326 e. The average Bonchev–Trinajstić information content (AvgIpc) is 3.72. The maximum Gasteiger partial charge on any atom is 0.326 e. The largest absolute Gasteiger partial charge is 0.497 e. The number of hydrogen-bond donors (Lipinski definition) is 1. The molecule has 0 spiro atoms. The maximum atomic E-state index is 13.3. The Balaban J connectivity index is 1.42. The molecular formula is C29H34N4O5. The van der Waals surface area contributed by atoms with Crippen molar-refractivity contribution >= 4 is 11.8 Å². The van der Waals surface area contributed by atoms with Gasteiger partial charge in [0.25, 0.3) is 0 Å². The van der Waals surface area contributed by atoms with Crippen LogP contribution >= 0.6 is 0 Å². The van der Waals surface area contributed by atoms with Crippen LogP contribution < -0.4 is 15.2 Å². The van der Waals surface area contributed by atoms with Gasteiger partial charge in [0.15, 0.2) is 0 Å². The van der Waals surface area contributed by atoms with Gasteiger partial charge in [0, 0.05) is 43.7 Å². The van der Waals surface area contributed by atoms with Crippen LogP contribution in [0.4, 0.5) is 0 Å². The van der Waals surface area contributed by atoms with Crippen LogP contribution in [0.2, 0.25) is 0 Å². The van der Waals surface area contributed by atoms with Crippen molar-refractivity contribution in [1.82, 2.24) is 19.4 Å². The Kier molecular flexibility index (Phi) is 7.53. The van der Waals surface area contributed by atoms with Crippen molar-refractivity contribution in [2.75, 3.05) is 33.9 Å². The van der Waals surface area contributed by atoms with E-state index in [1.807, 2.05) is 53.4 Å². The molecular weight excluding hydrogens is 484 g/mol. The minimum Gasteiger partial charge on any atom is -0.497 e. The van der Waals surface area contributed by atoms with Gasteiger partial charge in [-0.25, -0.2) is 4.79 Å². The number of carbonyl (C=O) groups is 2. The second-order valence-corrected chi connectivity index (χ2v) is 9.79. The highest BCUT2D eigenvalue weighted by Gasteiger charge is 2.37. The molecule has 2 aliphatic rings. The Labute approximate surface area is 222 Å². The lowest BCUT2D eigenvalue weighted by Crippen LogP contribution is -2.47. The first-order chi connectivity index (χ1) is 18.5. The van der Waals surface area contributed by atoms with Crippen molar-refractivity contribution < 1.29 is 19.1 Å². The Morgan fingerprint density at radius 1 is 0.868 bits per heavy atom. The lowest BCUT2D eigenvalue weighted by atomic mass is 10.0. The normalized spacial score (nSPS) is 17.2. The molecule has 2 aromatic carbocycles. The summed E-state index contributed by atoms with van der Waals surface area (Å²) in [4.78, 5) is 46.2. The molecule has 2 amide bonds. The van der Waals surface area contributed by atoms with Crippen molar-refractivity contribution in [2.45, 2.75) is 44.7 Å². The lowest BCUT2D eigenvalue weighted by Gasteiger charge is -2.28. The van der Waals surface area contributed by atoms with Crippen LogP contribution in [0.1, 0.15) is 32.1 Å². The van der Waals surface area contributed by atoms with Gasteiger partial charge in [0.2, 0.25) is 11.8 Å². The van der Waals surface area contributed by atoms with Crippen molar-refractivity contribution in [3.05, 3.63) is 59.0 Å². The topological polar surface area (TPSA) is 96.9 Å². The fourth-order valence-corrected chi connectivity index (χ4v) is 5.52. The van der Waals surface area contributed by atoms with Crippen molar-refractivity contribution in [1.29, 1.82) is 0 Å². The van der Waals surface area contributed by atoms with E-state index in [1.54, 1.807) is 23.7 Å². The molecule has 0 radical (unpaired) electrons. The van der Waals surface area contributed by atoms with Crippen molar-refractivity contribution in [3.63, 3.8) is 0 Å². The van der Waals surface area contributed by atoms with Gasteiger partial charge < -0.3 is 24.3 Å². The molecule has 38 heavy (non-hydrogen) atoms. The molecule has 9 nitrogen and oxygen atoms in total. The monoisotopic (exact) mass is 518 g/mol. The number of imidazole rings is 1. The predicted octanol–water partition coefficient (Wildman–Crippen LogP) is 3.53. The number of rotatable bonds is 8. The van der Waals surface area contributed by atoms with E-state index < -0.39 is 0 Å². The Morgan fingerprint density at radius 2 is 1.47 bits per heavy atom. The Morgan fingerprint density at radius 3 is 2.08 bits per heavy atom. The van der Waals surface area contributed by atoms with Crippen molar-refractivity contribution in [2.24, 2.45) is 0 Å². The van der Waals surface area contributed by atoms with E-state index in [2.05, 4.69) is 4.98 Å². The minimum absolute atomic E-state index is 0.0628. The molecule has 0 saturated carbocycles. The molecule has 0 unspecified atom stereocenters. The van der Waals surface area contributed by atoms with Crippen LogP contribution in [-0.4, -0.2) is 71.1 Å². The van der Waals surface area contributed by atoms with E-state index in [1.165, 1.54) is 0 Å². The molecule has 2 fully saturated rings. The van der Waals surface area contributed by atoms with E-state index in [0.717, 1.165) is 49.2 Å². The SMILES string of the molecule is COc1ccc(-c2[nH]c(=O)n(CCC(=O)N3CCC[C@H]3C(=O)N3CCCC3)c2-c2ccc(OC)cc2)cc1. The number of carbonyl (C=O) groups excluding carboxylic acids is 2. The van der Waals surface area contributed by atoms with Crippen LogP contribution in [0.5, 0.6) is 11.5 Å². The fraction of sp³-hybridized carbons (Fsp3) is 0.414. The zero-order valence-corrected chi connectivity index (χ0v) is 21.9. The summed E-state index contributed by atoms with van der Waals surface area (Å²) in [5.41, 5.74) is 2.72. The van der Waals surface area contributed by atoms with Crippen molar-refractivity contribution in [3.8, 4) is 34.0 Å². The van der Waals surface area contributed by atoms with Gasteiger partial charge in [-0.1, -0.05) is 0 Å². The number of H-pyrrole nitrogens is 1. The second kappa shape index (κ2) is 11.2. The van der Waals surface area contributed by atoms with Crippen LogP contribution in [0.25, 0.3) is 22.5 Å². The van der Waals surface area contributed by atoms with Gasteiger partial charge in [0.05, 0.1) is 25.6 Å². The van der Waals surface area contributed by atoms with Crippen LogP contribution in [0.3, 0.4) is 0 Å². The average molecular weight is 519 g/mol. The number of nitrogens with zero attached hydrogens (tertiary/aromatic N) is 3. The maximum absolute atomic E-state index is 13.3. The predicted molar refractivity (Wildman–Crippen MR) is 144 cm³/mol. The summed E-state index contributed by atoms with van der Waals surface area (Å²) in [7, 11) is 3.21. The van der Waals surface area contributed by atoms with Crippen LogP contribution in [-0.2, 0) is 16.1 Å². The molecule has 9 heteroatoms. The third-order valence-corrected chi connectivity index (χ3v) is 7.55. The summed E-state index contributed by atoms with van der Waals surface area (Å²) in [6.07, 6.45) is 3.69. The number of benzene rings is 2. The van der Waals surface area contributed by atoms with Gasteiger partial charge in [-0.3, -0.25) is 14.2 Å². The van der Waals surface area contributed by atoms with E-state index in [0.29, 0.717) is 30.1 Å². The number of aromatic amines is 1. The Hall–Kier alpha value is -4.01. The Bertz CT molecular complexity index is 1340. The highest BCUT2D eigenvalue weighted by atomic mass is 16.5. The number of aromatic nitrogens is 2. The summed E-state index contributed by atoms with van der Waals surface area (Å²) in [5.74, 6) is 1.39. The van der Waals surface area contributed by atoms with Crippen LogP contribution in [0.15, 0.2) is 53.3 Å². The van der Waals surface area contributed by atoms with Gasteiger partial charge in [-0.15, -0.1) is 0 Å². The number of amides is 2. The number of nitrogens with one attached hydrogen (secondary N) is 1. The minimum atomic E-state index is -0.389. The van der Waals surface area contributed by atoms with Gasteiger partial charge in [-0.05, 0) is 74.2 Å². The standard InChI is InChI=1S/C29H34N4O5/c1-37-22-11-7-20(8-12-22)26-27(21-9-13-23(38-2)14-10-21)33(29(36)30-26)19-15-25(34)32-18-5-6-24(32)28(35)31-16-3-4-17-31/h7-14,24H,3-6,15-19H2,1-2H3,(H,30,36)/t24-/m0/s1. The second-order valence-electron chi connectivity index (χ2n) is 9.79. The molecule has 0 bridgehead atoms. The molecule has 5 rings (SSSR count). The summed E-state index contributed by atoms with van der Waals surface area (Å²) in [5, 5.41) is 0. The van der Waals surface area contributed by atoms with E-state index in [4.69, 9.17) is 9.47 Å². The number of methoxy groups -OCH3 is 2. The number of hydrogen-bond acceptors (Lipinski definition) is 5. The molecule has 2 aliphatic heterocycles. The van der Waals surface area contributed by atoms with E-state index in [-0.39, 0.29) is 36.5 Å². The molecule has 200 valence electrons. The molecule has 3 aromatic rings. The summed E-state index contributed by atoms with van der Waals surface area (Å²) in [6.45, 7) is 2.32. The van der Waals surface area contributed by atoms with E-state index >= 15 is 0 Å². The molecule has 3 heterocycles. The van der Waals surface area contributed by atoms with E-state index in [9.17, 15) is 14.4 Å². The highest BCUT2D eigenvalue weighted by molar-refractivity contribution is 5.88. The van der Waals surface area contributed by atoms with Gasteiger partial charge >= 0.3 is 5.69 Å². The molecule has 1 aromatic heterocycles. The van der Waals surface area contributed by atoms with Crippen LogP contribution in [0, 0.1) is 0 Å². The summed E-state index contributed by atoms with van der Waals surface area (Å²) in [6, 6.07) is 14.6.